The zero-order valence-electron chi connectivity index (χ0n) is 16.2. The summed E-state index contributed by atoms with van der Waals surface area (Å²) in [6.07, 6.45) is 2.18. The second kappa shape index (κ2) is 8.29. The number of benzene rings is 1. The van der Waals surface area contributed by atoms with E-state index < -0.39 is 0 Å². The highest BCUT2D eigenvalue weighted by molar-refractivity contribution is 5.90. The van der Waals surface area contributed by atoms with Crippen LogP contribution in [0, 0.1) is 17.3 Å². The molecule has 1 aromatic carbocycles. The van der Waals surface area contributed by atoms with Crippen LogP contribution < -0.4 is 21.1 Å². The second-order valence-electron chi connectivity index (χ2n) is 7.35. The van der Waals surface area contributed by atoms with Crippen LogP contribution >= 0.6 is 0 Å². The Kier molecular flexibility index (Phi) is 6.04. The molecule has 2 bridgehead atoms. The van der Waals surface area contributed by atoms with Gasteiger partial charge in [-0.25, -0.2) is 0 Å². The molecular formula is C20H30N4O3. The molecule has 4 unspecified atom stereocenters. The van der Waals surface area contributed by atoms with Gasteiger partial charge in [0.1, 0.15) is 17.4 Å². The number of nitrogens with two attached hydrogens (primary N) is 1. The van der Waals surface area contributed by atoms with E-state index in [4.69, 9.17) is 25.3 Å². The van der Waals surface area contributed by atoms with Gasteiger partial charge in [-0.15, -0.1) is 0 Å². The largest absolute Gasteiger partial charge is 0.497 e. The fourth-order valence-corrected chi connectivity index (χ4v) is 3.94. The average Bonchev–Trinajstić information content (AvgIpc) is 2.84. The SMILES string of the molecule is COc1cccc(NC2=CC3(C)C(C)C(C(=NCCOCCO)N2)C3N)c1. The lowest BCUT2D eigenvalue weighted by Gasteiger charge is -2.54. The van der Waals surface area contributed by atoms with Gasteiger partial charge in [0, 0.05) is 29.1 Å². The van der Waals surface area contributed by atoms with Gasteiger partial charge in [0.25, 0.3) is 0 Å². The first-order chi connectivity index (χ1) is 13.0. The van der Waals surface area contributed by atoms with Crippen molar-refractivity contribution in [1.82, 2.24) is 5.32 Å². The number of ether oxygens (including phenoxy) is 2. The van der Waals surface area contributed by atoms with Gasteiger partial charge in [-0.1, -0.05) is 19.9 Å². The van der Waals surface area contributed by atoms with Gasteiger partial charge < -0.3 is 30.9 Å². The lowest BCUT2D eigenvalue weighted by Crippen LogP contribution is -2.64. The number of fused-ring (bicyclic) bond motifs is 2. The Balaban J connectivity index is 1.78. The molecule has 0 amide bonds. The summed E-state index contributed by atoms with van der Waals surface area (Å²) in [5.74, 6) is 3.14. The topological polar surface area (TPSA) is 101 Å². The molecule has 3 aliphatic rings. The Labute approximate surface area is 160 Å². The summed E-state index contributed by atoms with van der Waals surface area (Å²) in [6, 6.07) is 7.81. The van der Waals surface area contributed by atoms with Gasteiger partial charge in [-0.2, -0.15) is 0 Å². The van der Waals surface area contributed by atoms with Crippen LogP contribution in [-0.4, -0.2) is 50.5 Å². The molecule has 0 radical (unpaired) electrons. The zero-order chi connectivity index (χ0) is 19.4. The highest BCUT2D eigenvalue weighted by Gasteiger charge is 2.57. The Morgan fingerprint density at radius 3 is 2.89 bits per heavy atom. The third-order valence-electron chi connectivity index (χ3n) is 5.76. The molecule has 1 saturated carbocycles. The lowest BCUT2D eigenvalue weighted by molar-refractivity contribution is 0.0405. The number of hydrogen-bond acceptors (Lipinski definition) is 6. The Hall–Kier alpha value is -2.09. The van der Waals surface area contributed by atoms with E-state index in [1.165, 1.54) is 0 Å². The van der Waals surface area contributed by atoms with Crippen molar-refractivity contribution >= 4 is 11.5 Å². The normalized spacial score (nSPS) is 30.8. The van der Waals surface area contributed by atoms with Gasteiger partial charge in [0.05, 0.1) is 33.5 Å². The molecule has 0 aromatic heterocycles. The molecule has 148 valence electrons. The molecule has 4 atom stereocenters. The molecule has 5 N–H and O–H groups in total. The molecular weight excluding hydrogens is 344 g/mol. The molecule has 7 heteroatoms. The van der Waals surface area contributed by atoms with E-state index in [9.17, 15) is 0 Å². The van der Waals surface area contributed by atoms with Crippen LogP contribution in [0.3, 0.4) is 0 Å². The summed E-state index contributed by atoms with van der Waals surface area (Å²) in [4.78, 5) is 4.70. The highest BCUT2D eigenvalue weighted by Crippen LogP contribution is 2.53. The van der Waals surface area contributed by atoms with Gasteiger partial charge in [0.2, 0.25) is 0 Å². The monoisotopic (exact) mass is 374 g/mol. The summed E-state index contributed by atoms with van der Waals surface area (Å²) >= 11 is 0. The standard InChI is InChI=1S/C20H30N4O3/c1-13-17-18(21)20(13,2)12-16(23-14-5-4-6-15(11-14)26-3)24-19(17)22-7-9-27-10-8-25/h4-6,11-13,17-18,23,25H,7-10,21H2,1-3H3,(H,22,24). The maximum Gasteiger partial charge on any atom is 0.120 e. The van der Waals surface area contributed by atoms with Crippen molar-refractivity contribution in [3.05, 3.63) is 36.2 Å². The first-order valence-corrected chi connectivity index (χ1v) is 9.39. The Morgan fingerprint density at radius 1 is 1.37 bits per heavy atom. The van der Waals surface area contributed by atoms with Crippen LogP contribution in [-0.2, 0) is 4.74 Å². The van der Waals surface area contributed by atoms with Crippen molar-refractivity contribution in [2.75, 3.05) is 38.8 Å². The van der Waals surface area contributed by atoms with Crippen molar-refractivity contribution in [3.8, 4) is 5.75 Å². The van der Waals surface area contributed by atoms with Crippen LogP contribution in [0.1, 0.15) is 13.8 Å². The van der Waals surface area contributed by atoms with E-state index in [1.54, 1.807) is 7.11 Å². The summed E-state index contributed by atoms with van der Waals surface area (Å²) in [6.45, 7) is 5.77. The van der Waals surface area contributed by atoms with Crippen LogP contribution in [0.5, 0.6) is 5.75 Å². The number of nitrogens with one attached hydrogen (secondary N) is 2. The summed E-state index contributed by atoms with van der Waals surface area (Å²) in [7, 11) is 1.66. The second-order valence-corrected chi connectivity index (χ2v) is 7.35. The van der Waals surface area contributed by atoms with Crippen LogP contribution in [0.4, 0.5) is 5.69 Å². The maximum atomic E-state index is 8.80. The molecule has 1 fully saturated rings. The molecule has 0 saturated heterocycles. The molecule has 4 rings (SSSR count). The summed E-state index contributed by atoms with van der Waals surface area (Å²) < 4.78 is 10.6. The first kappa shape index (κ1) is 19.7. The van der Waals surface area contributed by atoms with Gasteiger partial charge >= 0.3 is 0 Å². The fraction of sp³-hybridized carbons (Fsp3) is 0.550. The third-order valence-corrected chi connectivity index (χ3v) is 5.76. The number of methoxy groups -OCH3 is 1. The average molecular weight is 374 g/mol. The van der Waals surface area contributed by atoms with E-state index in [0.29, 0.717) is 25.7 Å². The van der Waals surface area contributed by atoms with E-state index in [-0.39, 0.29) is 24.0 Å². The van der Waals surface area contributed by atoms with Crippen molar-refractivity contribution in [3.63, 3.8) is 0 Å². The van der Waals surface area contributed by atoms with Gasteiger partial charge in [-0.05, 0) is 24.1 Å². The number of anilines is 1. The van der Waals surface area contributed by atoms with Crippen molar-refractivity contribution in [2.45, 2.75) is 19.9 Å². The third kappa shape index (κ3) is 3.95. The Morgan fingerprint density at radius 2 is 2.19 bits per heavy atom. The minimum Gasteiger partial charge on any atom is -0.497 e. The van der Waals surface area contributed by atoms with Crippen molar-refractivity contribution < 1.29 is 14.6 Å². The van der Waals surface area contributed by atoms with E-state index >= 15 is 0 Å². The Bertz CT molecular complexity index is 709. The summed E-state index contributed by atoms with van der Waals surface area (Å²) in [5, 5.41) is 15.7. The number of aliphatic imine (C=N–C) groups is 1. The molecule has 1 aliphatic carbocycles. The molecule has 27 heavy (non-hydrogen) atoms. The fourth-order valence-electron chi connectivity index (χ4n) is 3.94. The number of nitrogens with zero attached hydrogens (tertiary/aromatic N) is 1. The van der Waals surface area contributed by atoms with E-state index in [1.807, 2.05) is 24.3 Å². The number of hydrogen-bond donors (Lipinski definition) is 4. The quantitative estimate of drug-likeness (QED) is 0.515. The molecule has 2 aliphatic heterocycles. The van der Waals surface area contributed by atoms with Crippen LogP contribution in [0.15, 0.2) is 41.2 Å². The van der Waals surface area contributed by atoms with Crippen molar-refractivity contribution in [1.29, 1.82) is 0 Å². The molecule has 0 spiro atoms. The number of aliphatic hydroxyl groups is 1. The smallest absolute Gasteiger partial charge is 0.120 e. The van der Waals surface area contributed by atoms with Gasteiger partial charge in [0.15, 0.2) is 0 Å². The molecule has 7 nitrogen and oxygen atoms in total. The van der Waals surface area contributed by atoms with Crippen LogP contribution in [0.2, 0.25) is 0 Å². The maximum absolute atomic E-state index is 8.80. The number of aliphatic hydroxyl groups excluding tert-OH is 1. The summed E-state index contributed by atoms with van der Waals surface area (Å²) in [5.41, 5.74) is 7.36. The molecule has 2 heterocycles. The van der Waals surface area contributed by atoms with E-state index in [2.05, 4.69) is 30.6 Å². The molecule has 1 aromatic rings. The minimum absolute atomic E-state index is 0.0155. The van der Waals surface area contributed by atoms with Crippen LogP contribution in [0.25, 0.3) is 0 Å². The predicted octanol–water partition coefficient (Wildman–Crippen LogP) is 1.56. The minimum atomic E-state index is -0.0937. The predicted molar refractivity (Wildman–Crippen MR) is 107 cm³/mol. The number of rotatable bonds is 8. The lowest BCUT2D eigenvalue weighted by atomic mass is 9.52. The van der Waals surface area contributed by atoms with Gasteiger partial charge in [-0.3, -0.25) is 4.99 Å². The van der Waals surface area contributed by atoms with E-state index in [0.717, 1.165) is 23.1 Å². The van der Waals surface area contributed by atoms with Crippen molar-refractivity contribution in [2.24, 2.45) is 28.0 Å². The first-order valence-electron chi connectivity index (χ1n) is 9.39. The number of amidine groups is 1. The zero-order valence-corrected chi connectivity index (χ0v) is 16.2. The highest BCUT2D eigenvalue weighted by atomic mass is 16.5.